The minimum Gasteiger partial charge on any atom is -0.444 e. The Morgan fingerprint density at radius 3 is 1.37 bits per heavy atom. The lowest BCUT2D eigenvalue weighted by molar-refractivity contribution is -0.319. The van der Waals surface area contributed by atoms with Crippen LogP contribution in [0.1, 0.15) is 146 Å². The van der Waals surface area contributed by atoms with Crippen molar-refractivity contribution in [1.29, 1.82) is 0 Å². The lowest BCUT2D eigenvalue weighted by Crippen LogP contribution is -2.70. The number of aliphatic hydroxyl groups is 4. The zero-order valence-electron chi connectivity index (χ0n) is 55.5. The molecule has 2 aliphatic heterocycles. The van der Waals surface area contributed by atoms with E-state index in [4.69, 9.17) is 47.4 Å². The standard InChI is InChI=1S/C66H98N6O20/c1-61(2,3)88-56(78)67-34-33-45(73)53(77)69-43-35-44(71-59(81)91-64(10,11)12)52(86-54-42(70-58(80)90-63(7,8)9)32-31-41(84-54)36-68-57(79)89-62(4,5)6)50(76)51(43)87-55-49(75)47(72-60(82)92-65(13,14)15)48(74)46(85-55)37-83-66(38-25-19-16-20-26-38,39-27-21-17-22-28-39)40-29-23-18-24-30-40/h16-30,41-52,54-55,73-76H,31-37H2,1-15H3,(H,67,78)(H,68,79)(H,69,77)(H,70,80)(H,71,81)(H,72,82)/t41?,42?,43-,44-,45+,46?,47+,48+,49?,50?,51+,52?,54-,55-/m1/s1. The highest BCUT2D eigenvalue weighted by Gasteiger charge is 2.54. The number of nitrogens with one attached hydrogen (secondary N) is 6. The van der Waals surface area contributed by atoms with Crippen LogP contribution in [-0.4, -0.2) is 190 Å². The summed E-state index contributed by atoms with van der Waals surface area (Å²) in [6, 6.07) is 22.4. The topological polar surface area (TPSA) is 348 Å². The van der Waals surface area contributed by atoms with E-state index in [0.29, 0.717) is 16.7 Å². The van der Waals surface area contributed by atoms with E-state index < -0.39 is 169 Å². The molecule has 6 rings (SSSR count). The number of hydrogen-bond donors (Lipinski definition) is 10. The summed E-state index contributed by atoms with van der Waals surface area (Å²) in [5.74, 6) is -1.04. The number of hydrogen-bond acceptors (Lipinski definition) is 20. The van der Waals surface area contributed by atoms with Crippen LogP contribution in [0.4, 0.5) is 24.0 Å². The molecule has 26 heteroatoms. The van der Waals surface area contributed by atoms with Gasteiger partial charge in [-0.3, -0.25) is 4.79 Å². The van der Waals surface area contributed by atoms with E-state index in [1.54, 1.807) is 104 Å². The highest BCUT2D eigenvalue weighted by atomic mass is 16.7. The third-order valence-corrected chi connectivity index (χ3v) is 14.4. The molecular weight excluding hydrogens is 1200 g/mol. The molecule has 1 aliphatic carbocycles. The molecule has 512 valence electrons. The van der Waals surface area contributed by atoms with Gasteiger partial charge in [-0.1, -0.05) is 91.0 Å². The number of carbonyl (C=O) groups is 6. The molecule has 1 saturated carbocycles. The Morgan fingerprint density at radius 2 is 0.902 bits per heavy atom. The average Bonchev–Trinajstić information content (AvgIpc) is 0.838. The third kappa shape index (κ3) is 22.4. The van der Waals surface area contributed by atoms with Crippen molar-refractivity contribution in [2.45, 2.75) is 249 Å². The van der Waals surface area contributed by atoms with Crippen LogP contribution in [0.25, 0.3) is 0 Å². The fourth-order valence-corrected chi connectivity index (χ4v) is 10.7. The molecule has 0 spiro atoms. The van der Waals surface area contributed by atoms with Crippen LogP contribution in [0, 0.1) is 0 Å². The molecule has 0 aromatic heterocycles. The highest BCUT2D eigenvalue weighted by Crippen LogP contribution is 2.42. The summed E-state index contributed by atoms with van der Waals surface area (Å²) in [4.78, 5) is 81.1. The van der Waals surface area contributed by atoms with Gasteiger partial charge in [-0.15, -0.1) is 0 Å². The number of aliphatic hydroxyl groups excluding tert-OH is 4. The Hall–Kier alpha value is -6.88. The molecule has 3 aromatic rings. The fourth-order valence-electron chi connectivity index (χ4n) is 10.7. The van der Waals surface area contributed by atoms with Gasteiger partial charge in [0.1, 0.15) is 76.3 Å². The highest BCUT2D eigenvalue weighted by molar-refractivity contribution is 5.81. The van der Waals surface area contributed by atoms with Gasteiger partial charge in [0, 0.05) is 13.1 Å². The summed E-state index contributed by atoms with van der Waals surface area (Å²) >= 11 is 0. The Balaban J connectivity index is 1.45. The van der Waals surface area contributed by atoms with Gasteiger partial charge in [0.15, 0.2) is 12.6 Å². The first-order chi connectivity index (χ1) is 42.8. The smallest absolute Gasteiger partial charge is 0.408 e. The van der Waals surface area contributed by atoms with E-state index in [2.05, 4.69) is 31.9 Å². The molecule has 26 nitrogen and oxygen atoms in total. The molecule has 3 aromatic carbocycles. The first kappa shape index (κ1) is 74.2. The van der Waals surface area contributed by atoms with Crippen LogP contribution in [-0.2, 0) is 57.8 Å². The quantitative estimate of drug-likeness (QED) is 0.0429. The van der Waals surface area contributed by atoms with E-state index >= 15 is 0 Å². The first-order valence-electron chi connectivity index (χ1n) is 31.2. The van der Waals surface area contributed by atoms with Crippen molar-refractivity contribution < 1.29 is 96.6 Å². The van der Waals surface area contributed by atoms with Gasteiger partial charge in [0.05, 0.1) is 36.9 Å². The SMILES string of the molecule is CC(C)(C)OC(=O)NCC[C@H](O)C(=O)N[C@@H]1C[C@@H](NC(=O)OC(C)(C)C)C(O[C@H]2OC(CNC(=O)OC(C)(C)C)CCC2NC(=O)OC(C)(C)C)C(O)[C@H]1O[C@H]1OC(COC(c2ccccc2)(c2ccccc2)c2ccccc2)[C@H](O)[C@H](NC(=O)OC(C)(C)C)C1O. The molecular formula is C66H98N6O20. The summed E-state index contributed by atoms with van der Waals surface area (Å²) < 4.78 is 61.4. The fraction of sp³-hybridized carbons (Fsp3) is 0.636. The molecule has 0 radical (unpaired) electrons. The van der Waals surface area contributed by atoms with Crippen molar-refractivity contribution in [2.75, 3.05) is 19.7 Å². The van der Waals surface area contributed by atoms with Gasteiger partial charge in [-0.2, -0.15) is 0 Å². The van der Waals surface area contributed by atoms with Crippen LogP contribution in [0.3, 0.4) is 0 Å². The molecule has 2 heterocycles. The predicted molar refractivity (Wildman–Crippen MR) is 335 cm³/mol. The van der Waals surface area contributed by atoms with E-state index in [1.165, 1.54) is 0 Å². The minimum absolute atomic E-state index is 0.106. The molecule has 3 aliphatic rings. The van der Waals surface area contributed by atoms with Crippen LogP contribution in [0.5, 0.6) is 0 Å². The lowest BCUT2D eigenvalue weighted by Gasteiger charge is -2.50. The third-order valence-electron chi connectivity index (χ3n) is 14.4. The Kier molecular flexibility index (Phi) is 25.3. The van der Waals surface area contributed by atoms with E-state index in [9.17, 15) is 49.2 Å². The molecule has 92 heavy (non-hydrogen) atoms. The van der Waals surface area contributed by atoms with Crippen molar-refractivity contribution in [3.8, 4) is 0 Å². The normalized spacial score (nSPS) is 26.0. The van der Waals surface area contributed by atoms with Gasteiger partial charge in [-0.25, -0.2) is 24.0 Å². The summed E-state index contributed by atoms with van der Waals surface area (Å²) in [7, 11) is 0. The maximum absolute atomic E-state index is 14.3. The minimum atomic E-state index is -2.04. The maximum Gasteiger partial charge on any atom is 0.408 e. The Morgan fingerprint density at radius 1 is 0.489 bits per heavy atom. The number of ether oxygens (including phenoxy) is 10. The van der Waals surface area contributed by atoms with Crippen LogP contribution < -0.4 is 31.9 Å². The second-order valence-electron chi connectivity index (χ2n) is 28.2. The number of benzene rings is 3. The molecule has 10 N–H and O–H groups in total. The van der Waals surface area contributed by atoms with Gasteiger partial charge in [-0.05, 0) is 146 Å². The molecule has 6 unspecified atom stereocenters. The second kappa shape index (κ2) is 31.4. The monoisotopic (exact) mass is 1290 g/mol. The maximum atomic E-state index is 14.3. The van der Waals surface area contributed by atoms with E-state index in [0.717, 1.165) is 0 Å². The van der Waals surface area contributed by atoms with Crippen molar-refractivity contribution >= 4 is 36.4 Å². The van der Waals surface area contributed by atoms with Gasteiger partial charge < -0.3 is 99.7 Å². The Labute approximate surface area is 539 Å². The van der Waals surface area contributed by atoms with E-state index in [1.807, 2.05) is 91.0 Å². The second-order valence-corrected chi connectivity index (χ2v) is 28.2. The van der Waals surface area contributed by atoms with Crippen molar-refractivity contribution in [2.24, 2.45) is 0 Å². The van der Waals surface area contributed by atoms with Crippen LogP contribution in [0.2, 0.25) is 0 Å². The summed E-state index contributed by atoms with van der Waals surface area (Å²) in [5, 5.41) is 65.6. The summed E-state index contributed by atoms with van der Waals surface area (Å²) in [6.07, 6.45) is -21.7. The number of amides is 6. The summed E-state index contributed by atoms with van der Waals surface area (Å²) in [5.41, 5.74) is -4.12. The molecule has 3 fully saturated rings. The summed E-state index contributed by atoms with van der Waals surface area (Å²) in [6.45, 7) is 24.0. The van der Waals surface area contributed by atoms with E-state index in [-0.39, 0.29) is 32.4 Å². The molecule has 6 amide bonds. The molecule has 2 saturated heterocycles. The van der Waals surface area contributed by atoms with Gasteiger partial charge in [0.25, 0.3) is 0 Å². The largest absolute Gasteiger partial charge is 0.444 e. The molecule has 14 atom stereocenters. The van der Waals surface area contributed by atoms with Crippen molar-refractivity contribution in [1.82, 2.24) is 31.9 Å². The van der Waals surface area contributed by atoms with Crippen molar-refractivity contribution in [3.63, 3.8) is 0 Å². The number of carbonyl (C=O) groups excluding carboxylic acids is 6. The zero-order valence-corrected chi connectivity index (χ0v) is 55.5. The van der Waals surface area contributed by atoms with Crippen molar-refractivity contribution in [3.05, 3.63) is 108 Å². The average molecular weight is 1300 g/mol. The number of rotatable bonds is 20. The first-order valence-corrected chi connectivity index (χ1v) is 31.2. The lowest BCUT2D eigenvalue weighted by atomic mass is 9.80. The molecule has 0 bridgehead atoms. The van der Waals surface area contributed by atoms with Gasteiger partial charge in [0.2, 0.25) is 5.91 Å². The number of alkyl carbamates (subject to hydrolysis) is 5. The predicted octanol–water partition coefficient (Wildman–Crippen LogP) is 6.45. The van der Waals surface area contributed by atoms with Crippen LogP contribution in [0.15, 0.2) is 91.0 Å². The van der Waals surface area contributed by atoms with Crippen LogP contribution >= 0.6 is 0 Å². The van der Waals surface area contributed by atoms with Gasteiger partial charge >= 0.3 is 30.5 Å². The Bertz CT molecular complexity index is 2780. The zero-order chi connectivity index (χ0) is 68.1.